The van der Waals surface area contributed by atoms with Crippen molar-refractivity contribution in [2.45, 2.75) is 12.6 Å². The number of rotatable bonds is 8. The number of hydrogen-bond acceptors (Lipinski definition) is 7. The van der Waals surface area contributed by atoms with Crippen molar-refractivity contribution in [3.63, 3.8) is 0 Å². The Bertz CT molecular complexity index is 2140. The highest BCUT2D eigenvalue weighted by Crippen LogP contribution is 2.37. The van der Waals surface area contributed by atoms with Crippen LogP contribution in [0.1, 0.15) is 28.4 Å². The lowest BCUT2D eigenvalue weighted by molar-refractivity contribution is 0.712. The van der Waals surface area contributed by atoms with Gasteiger partial charge in [0.2, 0.25) is 0 Å². The van der Waals surface area contributed by atoms with E-state index in [2.05, 4.69) is 54.3 Å². The first kappa shape index (κ1) is 27.4. The molecule has 0 saturated heterocycles. The standard InChI is InChI=1S/C33H23Cl2N9/c34-24-8-6-21(7-9-24)32(29-18-38-43-42-29)41-26-13-27-31(23(15-36)16-37-33(27)28(35)14-26)40-25-10-11-30-22(12-25)17-39-44(30)19-20-4-2-1-3-5-20/h1-14,16-18,32,41H,19H2,(H,37,40)(H,38,42,43)/t32-/m0/s1. The maximum Gasteiger partial charge on any atom is 0.109 e. The van der Waals surface area contributed by atoms with Gasteiger partial charge >= 0.3 is 0 Å². The SMILES string of the molecule is N#Cc1cnc2c(Cl)cc(N[C@@H](c3ccc(Cl)cc3)c3cn[nH]n3)cc2c1Nc1ccc2c(cnn2Cc2ccccc2)c1. The molecular weight excluding hydrogens is 593 g/mol. The Morgan fingerprint density at radius 1 is 0.909 bits per heavy atom. The van der Waals surface area contributed by atoms with Gasteiger partial charge in [0.1, 0.15) is 11.8 Å². The summed E-state index contributed by atoms with van der Waals surface area (Å²) in [4.78, 5) is 4.51. The van der Waals surface area contributed by atoms with Crippen LogP contribution in [0.4, 0.5) is 17.1 Å². The largest absolute Gasteiger partial charge is 0.373 e. The van der Waals surface area contributed by atoms with Crippen molar-refractivity contribution >= 4 is 62.1 Å². The van der Waals surface area contributed by atoms with E-state index in [9.17, 15) is 5.26 Å². The molecule has 0 spiro atoms. The molecule has 0 aliphatic carbocycles. The summed E-state index contributed by atoms with van der Waals surface area (Å²) >= 11 is 12.9. The van der Waals surface area contributed by atoms with Crippen molar-refractivity contribution in [3.8, 4) is 6.07 Å². The molecular formula is C33H23Cl2N9. The number of aromatic nitrogens is 6. The lowest BCUT2D eigenvalue weighted by Crippen LogP contribution is -2.13. The van der Waals surface area contributed by atoms with Gasteiger partial charge in [0.25, 0.3) is 0 Å². The minimum Gasteiger partial charge on any atom is -0.373 e. The molecule has 3 heterocycles. The summed E-state index contributed by atoms with van der Waals surface area (Å²) in [7, 11) is 0. The van der Waals surface area contributed by atoms with Gasteiger partial charge in [-0.2, -0.15) is 25.8 Å². The van der Waals surface area contributed by atoms with Crippen LogP contribution in [0.2, 0.25) is 10.0 Å². The van der Waals surface area contributed by atoms with Crippen molar-refractivity contribution in [1.29, 1.82) is 5.26 Å². The molecule has 0 bridgehead atoms. The third-order valence-corrected chi connectivity index (χ3v) is 7.92. The Morgan fingerprint density at radius 3 is 2.52 bits per heavy atom. The fourth-order valence-electron chi connectivity index (χ4n) is 5.25. The third kappa shape index (κ3) is 5.40. The summed E-state index contributed by atoms with van der Waals surface area (Å²) in [5.41, 5.74) is 6.87. The number of nitriles is 1. The molecule has 11 heteroatoms. The smallest absolute Gasteiger partial charge is 0.109 e. The zero-order valence-electron chi connectivity index (χ0n) is 23.0. The van der Waals surface area contributed by atoms with Crippen molar-refractivity contribution in [3.05, 3.63) is 136 Å². The van der Waals surface area contributed by atoms with Crippen LogP contribution in [-0.2, 0) is 6.54 Å². The van der Waals surface area contributed by atoms with E-state index in [0.717, 1.165) is 22.2 Å². The summed E-state index contributed by atoms with van der Waals surface area (Å²) in [6, 6.07) is 29.4. The molecule has 0 amide bonds. The van der Waals surface area contributed by atoms with E-state index in [0.29, 0.717) is 50.1 Å². The minimum atomic E-state index is -0.349. The predicted molar refractivity (Wildman–Crippen MR) is 173 cm³/mol. The lowest BCUT2D eigenvalue weighted by atomic mass is 10.0. The van der Waals surface area contributed by atoms with Gasteiger partial charge in [0.15, 0.2) is 0 Å². The van der Waals surface area contributed by atoms with Gasteiger partial charge in [-0.1, -0.05) is 65.7 Å². The monoisotopic (exact) mass is 615 g/mol. The van der Waals surface area contributed by atoms with Crippen LogP contribution in [-0.4, -0.2) is 30.2 Å². The van der Waals surface area contributed by atoms with Crippen molar-refractivity contribution in [1.82, 2.24) is 30.2 Å². The number of hydrogen-bond donors (Lipinski definition) is 3. The van der Waals surface area contributed by atoms with Gasteiger partial charge in [-0.3, -0.25) is 9.67 Å². The van der Waals surface area contributed by atoms with Gasteiger partial charge in [0.05, 0.1) is 52.3 Å². The number of benzene rings is 4. The zero-order valence-corrected chi connectivity index (χ0v) is 24.6. The van der Waals surface area contributed by atoms with E-state index in [4.69, 9.17) is 23.2 Å². The lowest BCUT2D eigenvalue weighted by Gasteiger charge is -2.20. The second-order valence-electron chi connectivity index (χ2n) is 10.2. The molecule has 9 nitrogen and oxygen atoms in total. The average molecular weight is 617 g/mol. The van der Waals surface area contributed by atoms with E-state index in [1.165, 1.54) is 11.8 Å². The van der Waals surface area contributed by atoms with Gasteiger partial charge < -0.3 is 10.6 Å². The highest BCUT2D eigenvalue weighted by atomic mass is 35.5. The van der Waals surface area contributed by atoms with Crippen LogP contribution in [0.25, 0.3) is 21.8 Å². The molecule has 0 radical (unpaired) electrons. The summed E-state index contributed by atoms with van der Waals surface area (Å²) in [6.07, 6.45) is 5.04. The van der Waals surface area contributed by atoms with Gasteiger partial charge in [0, 0.05) is 33.4 Å². The average Bonchev–Trinajstić information content (AvgIpc) is 3.72. The maximum absolute atomic E-state index is 10.0. The Hall–Kier alpha value is -5.43. The number of fused-ring (bicyclic) bond motifs is 2. The molecule has 7 aromatic rings. The molecule has 7 rings (SSSR count). The fourth-order valence-corrected chi connectivity index (χ4v) is 5.65. The van der Waals surface area contributed by atoms with Crippen LogP contribution in [0.15, 0.2) is 104 Å². The number of pyridine rings is 1. The quantitative estimate of drug-likeness (QED) is 0.159. The number of nitrogens with zero attached hydrogens (tertiary/aromatic N) is 6. The van der Waals surface area contributed by atoms with Crippen LogP contribution < -0.4 is 10.6 Å². The molecule has 3 N–H and O–H groups in total. The second-order valence-corrected chi connectivity index (χ2v) is 11.1. The number of H-pyrrole nitrogens is 1. The highest BCUT2D eigenvalue weighted by Gasteiger charge is 2.20. The molecule has 3 aromatic heterocycles. The van der Waals surface area contributed by atoms with E-state index in [1.54, 1.807) is 6.20 Å². The molecule has 0 unspecified atom stereocenters. The molecule has 0 aliphatic rings. The molecule has 44 heavy (non-hydrogen) atoms. The third-order valence-electron chi connectivity index (χ3n) is 7.38. The van der Waals surface area contributed by atoms with E-state index in [1.807, 2.05) is 83.7 Å². The summed E-state index contributed by atoms with van der Waals surface area (Å²) in [5, 5.41) is 35.3. The van der Waals surface area contributed by atoms with Crippen molar-refractivity contribution in [2.24, 2.45) is 0 Å². The van der Waals surface area contributed by atoms with Gasteiger partial charge in [-0.15, -0.1) is 0 Å². The van der Waals surface area contributed by atoms with Crippen LogP contribution in [0.5, 0.6) is 0 Å². The predicted octanol–water partition coefficient (Wildman–Crippen LogP) is 7.87. The van der Waals surface area contributed by atoms with E-state index < -0.39 is 0 Å². The summed E-state index contributed by atoms with van der Waals surface area (Å²) in [6.45, 7) is 0.671. The molecule has 1 atom stereocenters. The van der Waals surface area contributed by atoms with Crippen LogP contribution in [0.3, 0.4) is 0 Å². The number of halogens is 2. The molecule has 0 fully saturated rings. The molecule has 0 saturated carbocycles. The topological polar surface area (TPSA) is 120 Å². The van der Waals surface area contributed by atoms with Crippen LogP contribution in [0, 0.1) is 11.3 Å². The van der Waals surface area contributed by atoms with Crippen molar-refractivity contribution < 1.29 is 0 Å². The number of aromatic amines is 1. The normalized spacial score (nSPS) is 11.8. The van der Waals surface area contributed by atoms with E-state index >= 15 is 0 Å². The summed E-state index contributed by atoms with van der Waals surface area (Å²) < 4.78 is 1.97. The van der Waals surface area contributed by atoms with Crippen molar-refractivity contribution in [2.75, 3.05) is 10.6 Å². The Morgan fingerprint density at radius 2 is 1.75 bits per heavy atom. The second kappa shape index (κ2) is 11.7. The Balaban J connectivity index is 1.25. The minimum absolute atomic E-state index is 0.349. The van der Waals surface area contributed by atoms with Gasteiger partial charge in [-0.25, -0.2) is 0 Å². The number of anilines is 3. The van der Waals surface area contributed by atoms with E-state index in [-0.39, 0.29) is 6.04 Å². The summed E-state index contributed by atoms with van der Waals surface area (Å²) in [5.74, 6) is 0. The molecule has 0 aliphatic heterocycles. The Kier molecular flexibility index (Phi) is 7.28. The zero-order chi connectivity index (χ0) is 30.0. The molecule has 214 valence electrons. The first-order valence-electron chi connectivity index (χ1n) is 13.7. The first-order chi connectivity index (χ1) is 21.6. The Labute approximate surface area is 262 Å². The van der Waals surface area contributed by atoms with Gasteiger partial charge in [-0.05, 0) is 53.6 Å². The first-order valence-corrected chi connectivity index (χ1v) is 14.5. The maximum atomic E-state index is 10.0. The number of nitrogens with one attached hydrogen (secondary N) is 3. The fraction of sp³-hybridized carbons (Fsp3) is 0.0606. The highest BCUT2D eigenvalue weighted by molar-refractivity contribution is 6.36. The van der Waals surface area contributed by atoms with Crippen LogP contribution >= 0.6 is 23.2 Å². The molecule has 4 aromatic carbocycles.